The van der Waals surface area contributed by atoms with Crippen LogP contribution in [0.4, 0.5) is 0 Å². The predicted octanol–water partition coefficient (Wildman–Crippen LogP) is 1.75. The van der Waals surface area contributed by atoms with Crippen molar-refractivity contribution >= 4 is 5.91 Å². The van der Waals surface area contributed by atoms with Crippen molar-refractivity contribution in [2.24, 2.45) is 0 Å². The van der Waals surface area contributed by atoms with Gasteiger partial charge in [0.05, 0.1) is 6.61 Å². The van der Waals surface area contributed by atoms with E-state index in [0.29, 0.717) is 6.61 Å². The Hall–Kier alpha value is -1.55. The van der Waals surface area contributed by atoms with E-state index in [1.807, 2.05) is 37.8 Å². The highest BCUT2D eigenvalue weighted by Gasteiger charge is 2.20. The fourth-order valence-corrected chi connectivity index (χ4v) is 2.38. The van der Waals surface area contributed by atoms with Crippen LogP contribution in [0.5, 0.6) is 5.75 Å². The SMILES string of the molecule is CCOc1ccc(C(=O)N2CCNCC2)c(C)c1C. The average Bonchev–Trinajstić information content (AvgIpc) is 2.45. The monoisotopic (exact) mass is 262 g/mol. The fraction of sp³-hybridized carbons (Fsp3) is 0.533. The Labute approximate surface area is 114 Å². The number of amides is 1. The van der Waals surface area contributed by atoms with Gasteiger partial charge in [0.25, 0.3) is 5.91 Å². The quantitative estimate of drug-likeness (QED) is 0.902. The van der Waals surface area contributed by atoms with Crippen molar-refractivity contribution < 1.29 is 9.53 Å². The molecule has 1 aromatic carbocycles. The van der Waals surface area contributed by atoms with E-state index in [4.69, 9.17) is 4.74 Å². The van der Waals surface area contributed by atoms with Crippen LogP contribution in [0.15, 0.2) is 12.1 Å². The van der Waals surface area contributed by atoms with Gasteiger partial charge < -0.3 is 15.0 Å². The number of piperazine rings is 1. The van der Waals surface area contributed by atoms with E-state index in [9.17, 15) is 4.79 Å². The first-order chi connectivity index (χ1) is 9.15. The molecule has 1 fully saturated rings. The third-order valence-corrected chi connectivity index (χ3v) is 3.67. The van der Waals surface area contributed by atoms with Gasteiger partial charge in [-0.3, -0.25) is 4.79 Å². The van der Waals surface area contributed by atoms with E-state index in [2.05, 4.69) is 5.32 Å². The number of hydrogen-bond donors (Lipinski definition) is 1. The normalized spacial score (nSPS) is 15.4. The summed E-state index contributed by atoms with van der Waals surface area (Å²) in [6.07, 6.45) is 0. The highest BCUT2D eigenvalue weighted by molar-refractivity contribution is 5.96. The van der Waals surface area contributed by atoms with Crippen LogP contribution in [0.25, 0.3) is 0 Å². The zero-order chi connectivity index (χ0) is 13.8. The summed E-state index contributed by atoms with van der Waals surface area (Å²) in [4.78, 5) is 14.4. The van der Waals surface area contributed by atoms with Crippen LogP contribution in [0.1, 0.15) is 28.4 Å². The van der Waals surface area contributed by atoms with E-state index in [-0.39, 0.29) is 5.91 Å². The molecule has 0 aromatic heterocycles. The molecule has 104 valence electrons. The Morgan fingerprint density at radius 3 is 2.58 bits per heavy atom. The first-order valence-electron chi connectivity index (χ1n) is 6.88. The van der Waals surface area contributed by atoms with Gasteiger partial charge in [-0.2, -0.15) is 0 Å². The second-order valence-electron chi connectivity index (χ2n) is 4.84. The Kier molecular flexibility index (Phi) is 4.43. The second-order valence-corrected chi connectivity index (χ2v) is 4.84. The lowest BCUT2D eigenvalue weighted by Gasteiger charge is -2.28. The van der Waals surface area contributed by atoms with Gasteiger partial charge in [-0.1, -0.05) is 0 Å². The third-order valence-electron chi connectivity index (χ3n) is 3.67. The van der Waals surface area contributed by atoms with Crippen LogP contribution in [0, 0.1) is 13.8 Å². The standard InChI is InChI=1S/C15H22N2O2/c1-4-19-14-6-5-13(11(2)12(14)3)15(18)17-9-7-16-8-10-17/h5-6,16H,4,7-10H2,1-3H3. The van der Waals surface area contributed by atoms with E-state index in [0.717, 1.165) is 48.6 Å². The Morgan fingerprint density at radius 1 is 1.26 bits per heavy atom. The van der Waals surface area contributed by atoms with Crippen LogP contribution in [0.3, 0.4) is 0 Å². The van der Waals surface area contributed by atoms with Gasteiger partial charge in [-0.15, -0.1) is 0 Å². The molecule has 1 aromatic rings. The molecule has 1 aliphatic heterocycles. The summed E-state index contributed by atoms with van der Waals surface area (Å²) >= 11 is 0. The van der Waals surface area contributed by atoms with Crippen LogP contribution < -0.4 is 10.1 Å². The molecule has 1 aliphatic rings. The second kappa shape index (κ2) is 6.06. The van der Waals surface area contributed by atoms with Gasteiger partial charge in [-0.05, 0) is 44.0 Å². The number of carbonyl (C=O) groups excluding carboxylic acids is 1. The first kappa shape index (κ1) is 13.9. The number of ether oxygens (including phenoxy) is 1. The molecule has 4 heteroatoms. The minimum Gasteiger partial charge on any atom is -0.494 e. The molecular weight excluding hydrogens is 240 g/mol. The third kappa shape index (κ3) is 2.89. The summed E-state index contributed by atoms with van der Waals surface area (Å²) in [6, 6.07) is 3.79. The summed E-state index contributed by atoms with van der Waals surface area (Å²) in [5.74, 6) is 1.00. The van der Waals surface area contributed by atoms with Gasteiger partial charge in [0.1, 0.15) is 5.75 Å². The zero-order valence-electron chi connectivity index (χ0n) is 12.0. The van der Waals surface area contributed by atoms with Gasteiger partial charge in [0, 0.05) is 31.7 Å². The number of benzene rings is 1. The van der Waals surface area contributed by atoms with Crippen molar-refractivity contribution in [3.8, 4) is 5.75 Å². The fourth-order valence-electron chi connectivity index (χ4n) is 2.38. The number of hydrogen-bond acceptors (Lipinski definition) is 3. The Bertz CT molecular complexity index is 465. The van der Waals surface area contributed by atoms with Gasteiger partial charge in [-0.25, -0.2) is 0 Å². The highest BCUT2D eigenvalue weighted by Crippen LogP contribution is 2.25. The van der Waals surface area contributed by atoms with Crippen molar-refractivity contribution in [1.82, 2.24) is 10.2 Å². The average molecular weight is 262 g/mol. The molecule has 1 heterocycles. The summed E-state index contributed by atoms with van der Waals surface area (Å²) < 4.78 is 5.56. The Balaban J connectivity index is 2.24. The van der Waals surface area contributed by atoms with Crippen molar-refractivity contribution in [3.63, 3.8) is 0 Å². The number of carbonyl (C=O) groups is 1. The van der Waals surface area contributed by atoms with Crippen molar-refractivity contribution in [1.29, 1.82) is 0 Å². The molecule has 2 rings (SSSR count). The van der Waals surface area contributed by atoms with E-state index >= 15 is 0 Å². The topological polar surface area (TPSA) is 41.6 Å². The van der Waals surface area contributed by atoms with Crippen molar-refractivity contribution in [3.05, 3.63) is 28.8 Å². The van der Waals surface area contributed by atoms with E-state index in [1.54, 1.807) is 0 Å². The molecule has 1 saturated heterocycles. The van der Waals surface area contributed by atoms with Crippen LogP contribution in [0.2, 0.25) is 0 Å². The Morgan fingerprint density at radius 2 is 1.95 bits per heavy atom. The van der Waals surface area contributed by atoms with E-state index < -0.39 is 0 Å². The minimum absolute atomic E-state index is 0.130. The highest BCUT2D eigenvalue weighted by atomic mass is 16.5. The maximum Gasteiger partial charge on any atom is 0.254 e. The molecule has 0 bridgehead atoms. The smallest absolute Gasteiger partial charge is 0.254 e. The molecule has 1 N–H and O–H groups in total. The first-order valence-corrected chi connectivity index (χ1v) is 6.88. The maximum atomic E-state index is 12.5. The van der Waals surface area contributed by atoms with Crippen molar-refractivity contribution in [2.45, 2.75) is 20.8 Å². The molecular formula is C15H22N2O2. The lowest BCUT2D eigenvalue weighted by atomic mass is 10.0. The predicted molar refractivity (Wildman–Crippen MR) is 75.9 cm³/mol. The molecule has 0 unspecified atom stereocenters. The van der Waals surface area contributed by atoms with Crippen LogP contribution in [-0.4, -0.2) is 43.6 Å². The summed E-state index contributed by atoms with van der Waals surface area (Å²) in [5.41, 5.74) is 2.88. The summed E-state index contributed by atoms with van der Waals surface area (Å²) in [6.45, 7) is 9.93. The summed E-state index contributed by atoms with van der Waals surface area (Å²) in [5, 5.41) is 3.26. The lowest BCUT2D eigenvalue weighted by molar-refractivity contribution is 0.0735. The van der Waals surface area contributed by atoms with Crippen LogP contribution >= 0.6 is 0 Å². The van der Waals surface area contributed by atoms with Crippen molar-refractivity contribution in [2.75, 3.05) is 32.8 Å². The van der Waals surface area contributed by atoms with Gasteiger partial charge in [0.15, 0.2) is 0 Å². The number of nitrogens with one attached hydrogen (secondary N) is 1. The number of nitrogens with zero attached hydrogens (tertiary/aromatic N) is 1. The van der Waals surface area contributed by atoms with E-state index in [1.165, 1.54) is 0 Å². The summed E-state index contributed by atoms with van der Waals surface area (Å²) in [7, 11) is 0. The molecule has 4 nitrogen and oxygen atoms in total. The number of rotatable bonds is 3. The zero-order valence-corrected chi connectivity index (χ0v) is 12.0. The molecule has 0 aliphatic carbocycles. The minimum atomic E-state index is 0.130. The molecule has 0 spiro atoms. The van der Waals surface area contributed by atoms with Crippen LogP contribution in [-0.2, 0) is 0 Å². The molecule has 0 atom stereocenters. The van der Waals surface area contributed by atoms with Gasteiger partial charge >= 0.3 is 0 Å². The maximum absolute atomic E-state index is 12.5. The lowest BCUT2D eigenvalue weighted by Crippen LogP contribution is -2.46. The molecule has 0 saturated carbocycles. The molecule has 19 heavy (non-hydrogen) atoms. The largest absolute Gasteiger partial charge is 0.494 e. The van der Waals surface area contributed by atoms with Gasteiger partial charge in [0.2, 0.25) is 0 Å². The molecule has 1 amide bonds. The molecule has 0 radical (unpaired) electrons.